The topological polar surface area (TPSA) is 85.4 Å². The van der Waals surface area contributed by atoms with Crippen molar-refractivity contribution in [2.45, 2.75) is 51.3 Å². The summed E-state index contributed by atoms with van der Waals surface area (Å²) in [5.74, 6) is 0.222. The summed E-state index contributed by atoms with van der Waals surface area (Å²) in [6.45, 7) is 5.88. The Bertz CT molecular complexity index is 860. The smallest absolute Gasteiger partial charge is 0.256 e. The maximum absolute atomic E-state index is 12.9. The average molecular weight is 383 g/mol. The number of hydrogen-bond donors (Lipinski definition) is 3. The molecule has 2 aromatic rings. The number of rotatable bonds is 7. The third-order valence-corrected chi connectivity index (χ3v) is 5.36. The standard InChI is InChI=1S/C22H29N3O3/c1-16(2)18-8-6-17(7-9-18)14-25-12-4-10-22(28,21(25)27)15-23-13-19-5-3-11-24-20(19)26/h3,5-9,11,16,23,28H,4,10,12-15H2,1-2H3,(H,24,26)/t22-/m0/s1. The molecule has 150 valence electrons. The molecule has 1 aromatic heterocycles. The van der Waals surface area contributed by atoms with E-state index in [4.69, 9.17) is 0 Å². The highest BCUT2D eigenvalue weighted by Gasteiger charge is 2.41. The van der Waals surface area contributed by atoms with Gasteiger partial charge in [0.05, 0.1) is 0 Å². The number of benzene rings is 1. The number of nitrogens with one attached hydrogen (secondary N) is 2. The molecule has 1 aliphatic heterocycles. The van der Waals surface area contributed by atoms with Crippen LogP contribution in [0.1, 0.15) is 49.3 Å². The molecule has 28 heavy (non-hydrogen) atoms. The van der Waals surface area contributed by atoms with E-state index < -0.39 is 5.60 Å². The van der Waals surface area contributed by atoms with Crippen LogP contribution in [0.5, 0.6) is 0 Å². The van der Waals surface area contributed by atoms with Gasteiger partial charge >= 0.3 is 0 Å². The number of amides is 1. The van der Waals surface area contributed by atoms with Crippen LogP contribution in [0.15, 0.2) is 47.4 Å². The first-order chi connectivity index (χ1) is 13.4. The van der Waals surface area contributed by atoms with Crippen LogP contribution in [0.4, 0.5) is 0 Å². The maximum Gasteiger partial charge on any atom is 0.256 e. The predicted molar refractivity (Wildman–Crippen MR) is 109 cm³/mol. The van der Waals surface area contributed by atoms with Crippen LogP contribution in [0.3, 0.4) is 0 Å². The molecule has 1 fully saturated rings. The van der Waals surface area contributed by atoms with Crippen molar-refractivity contribution in [3.63, 3.8) is 0 Å². The average Bonchev–Trinajstić information content (AvgIpc) is 2.68. The summed E-state index contributed by atoms with van der Waals surface area (Å²) in [4.78, 5) is 29.0. The molecular weight excluding hydrogens is 354 g/mol. The van der Waals surface area contributed by atoms with Gasteiger partial charge in [0.15, 0.2) is 5.60 Å². The van der Waals surface area contributed by atoms with Gasteiger partial charge < -0.3 is 20.3 Å². The zero-order chi connectivity index (χ0) is 20.1. The zero-order valence-corrected chi connectivity index (χ0v) is 16.6. The lowest BCUT2D eigenvalue weighted by Crippen LogP contribution is -2.57. The van der Waals surface area contributed by atoms with Crippen molar-refractivity contribution in [2.75, 3.05) is 13.1 Å². The maximum atomic E-state index is 12.9. The number of nitrogens with zero attached hydrogens (tertiary/aromatic N) is 1. The van der Waals surface area contributed by atoms with Crippen molar-refractivity contribution in [2.24, 2.45) is 0 Å². The zero-order valence-electron chi connectivity index (χ0n) is 16.6. The summed E-state index contributed by atoms with van der Waals surface area (Å²) in [7, 11) is 0. The van der Waals surface area contributed by atoms with Crippen molar-refractivity contribution in [1.29, 1.82) is 0 Å². The number of aromatic nitrogens is 1. The van der Waals surface area contributed by atoms with Crippen molar-refractivity contribution in [3.8, 4) is 0 Å². The summed E-state index contributed by atoms with van der Waals surface area (Å²) < 4.78 is 0. The van der Waals surface area contributed by atoms with E-state index >= 15 is 0 Å². The molecule has 1 atom stereocenters. The Hall–Kier alpha value is -2.44. The Morgan fingerprint density at radius 3 is 2.64 bits per heavy atom. The normalized spacial score (nSPS) is 20.0. The Balaban J connectivity index is 1.60. The van der Waals surface area contributed by atoms with E-state index in [0.29, 0.717) is 37.5 Å². The summed E-state index contributed by atoms with van der Waals surface area (Å²) in [6.07, 6.45) is 2.75. The number of likely N-dealkylation sites (tertiary alicyclic amines) is 1. The minimum absolute atomic E-state index is 0.128. The van der Waals surface area contributed by atoms with Gasteiger partial charge in [0, 0.05) is 37.9 Å². The molecule has 0 aliphatic carbocycles. The largest absolute Gasteiger partial charge is 0.379 e. The fourth-order valence-electron chi connectivity index (χ4n) is 3.61. The molecule has 6 heteroatoms. The van der Waals surface area contributed by atoms with Gasteiger partial charge in [0.25, 0.3) is 11.5 Å². The molecule has 3 N–H and O–H groups in total. The first kappa shape index (κ1) is 20.3. The molecule has 0 saturated carbocycles. The van der Waals surface area contributed by atoms with Crippen molar-refractivity contribution >= 4 is 5.91 Å². The monoisotopic (exact) mass is 383 g/mol. The Morgan fingerprint density at radius 2 is 1.96 bits per heavy atom. The van der Waals surface area contributed by atoms with E-state index in [0.717, 1.165) is 12.0 Å². The third kappa shape index (κ3) is 4.69. The molecule has 2 heterocycles. The number of carbonyl (C=O) groups excluding carboxylic acids is 1. The summed E-state index contributed by atoms with van der Waals surface area (Å²) >= 11 is 0. The van der Waals surface area contributed by atoms with Gasteiger partial charge in [-0.25, -0.2) is 0 Å². The van der Waals surface area contributed by atoms with E-state index in [-0.39, 0.29) is 18.0 Å². The van der Waals surface area contributed by atoms with Gasteiger partial charge in [0.1, 0.15) is 0 Å². The van der Waals surface area contributed by atoms with Crippen LogP contribution >= 0.6 is 0 Å². The first-order valence-electron chi connectivity index (χ1n) is 9.87. The second-order valence-corrected chi connectivity index (χ2v) is 7.89. The quantitative estimate of drug-likeness (QED) is 0.684. The van der Waals surface area contributed by atoms with Crippen molar-refractivity contribution in [3.05, 3.63) is 69.6 Å². The summed E-state index contributed by atoms with van der Waals surface area (Å²) in [5.41, 5.74) is 1.31. The minimum Gasteiger partial charge on any atom is -0.379 e. The number of pyridine rings is 1. The van der Waals surface area contributed by atoms with Gasteiger partial charge in [-0.15, -0.1) is 0 Å². The number of piperidine rings is 1. The summed E-state index contributed by atoms with van der Waals surface area (Å²) in [5, 5.41) is 14.0. The van der Waals surface area contributed by atoms with Crippen molar-refractivity contribution in [1.82, 2.24) is 15.2 Å². The number of H-pyrrole nitrogens is 1. The Labute approximate surface area is 165 Å². The van der Waals surface area contributed by atoms with E-state index in [1.165, 1.54) is 5.56 Å². The predicted octanol–water partition coefficient (Wildman–Crippen LogP) is 2.14. The number of aliphatic hydroxyl groups is 1. The SMILES string of the molecule is CC(C)c1ccc(CN2CCC[C@](O)(CNCc3ccc[nH]c3=O)C2=O)cc1. The van der Waals surface area contributed by atoms with E-state index in [2.05, 4.69) is 48.4 Å². The fraction of sp³-hybridized carbons (Fsp3) is 0.455. The minimum atomic E-state index is -1.43. The van der Waals surface area contributed by atoms with Crippen LogP contribution < -0.4 is 10.9 Å². The highest BCUT2D eigenvalue weighted by Crippen LogP contribution is 2.24. The van der Waals surface area contributed by atoms with E-state index in [9.17, 15) is 14.7 Å². The first-order valence-corrected chi connectivity index (χ1v) is 9.87. The Morgan fingerprint density at radius 1 is 1.21 bits per heavy atom. The second-order valence-electron chi connectivity index (χ2n) is 7.89. The van der Waals surface area contributed by atoms with Gasteiger partial charge in [-0.2, -0.15) is 0 Å². The number of hydrogen-bond acceptors (Lipinski definition) is 4. The summed E-state index contributed by atoms with van der Waals surface area (Å²) in [6, 6.07) is 11.8. The molecule has 0 bridgehead atoms. The third-order valence-electron chi connectivity index (χ3n) is 5.36. The molecule has 3 rings (SSSR count). The number of aromatic amines is 1. The molecule has 0 spiro atoms. The van der Waals surface area contributed by atoms with Crippen LogP contribution in [0.2, 0.25) is 0 Å². The lowest BCUT2D eigenvalue weighted by atomic mass is 9.91. The molecule has 0 unspecified atom stereocenters. The molecule has 0 radical (unpaired) electrons. The van der Waals surface area contributed by atoms with Crippen LogP contribution in [0.25, 0.3) is 0 Å². The van der Waals surface area contributed by atoms with Crippen LogP contribution in [-0.2, 0) is 17.9 Å². The fourth-order valence-corrected chi connectivity index (χ4v) is 3.61. The van der Waals surface area contributed by atoms with Gasteiger partial charge in [-0.1, -0.05) is 44.2 Å². The lowest BCUT2D eigenvalue weighted by molar-refractivity contribution is -0.157. The Kier molecular flexibility index (Phi) is 6.31. The second kappa shape index (κ2) is 8.71. The molecule has 1 amide bonds. The van der Waals surface area contributed by atoms with Gasteiger partial charge in [-0.3, -0.25) is 9.59 Å². The lowest BCUT2D eigenvalue weighted by Gasteiger charge is -2.38. The molecule has 1 aliphatic rings. The van der Waals surface area contributed by atoms with E-state index in [1.807, 2.05) is 0 Å². The number of carbonyl (C=O) groups is 1. The van der Waals surface area contributed by atoms with E-state index in [1.54, 1.807) is 23.2 Å². The van der Waals surface area contributed by atoms with Crippen molar-refractivity contribution < 1.29 is 9.90 Å². The molecular formula is C22H29N3O3. The van der Waals surface area contributed by atoms with Crippen LogP contribution in [0, 0.1) is 0 Å². The molecule has 1 aromatic carbocycles. The van der Waals surface area contributed by atoms with Gasteiger partial charge in [-0.05, 0) is 36.0 Å². The van der Waals surface area contributed by atoms with Gasteiger partial charge in [0.2, 0.25) is 0 Å². The molecule has 1 saturated heterocycles. The van der Waals surface area contributed by atoms with Crippen LogP contribution in [-0.4, -0.2) is 39.6 Å². The molecule has 6 nitrogen and oxygen atoms in total. The highest BCUT2D eigenvalue weighted by atomic mass is 16.3. The highest BCUT2D eigenvalue weighted by molar-refractivity contribution is 5.86.